The third-order valence-corrected chi connectivity index (χ3v) is 3.35. The summed E-state index contributed by atoms with van der Waals surface area (Å²) < 4.78 is 1.14. The maximum Gasteiger partial charge on any atom is 0.325 e. The fraction of sp³-hybridized carbons (Fsp3) is 0.125. The quantitative estimate of drug-likeness (QED) is 0.917. The van der Waals surface area contributed by atoms with Crippen molar-refractivity contribution < 1.29 is 9.90 Å². The molecule has 0 spiro atoms. The smallest absolute Gasteiger partial charge is 0.325 e. The third-order valence-electron chi connectivity index (χ3n) is 1.75. The van der Waals surface area contributed by atoms with E-state index < -0.39 is 5.97 Å². The van der Waals surface area contributed by atoms with E-state index in [4.69, 9.17) is 28.3 Å². The van der Waals surface area contributed by atoms with Crippen LogP contribution in [-0.4, -0.2) is 36.3 Å². The fourth-order valence-electron chi connectivity index (χ4n) is 1.06. The largest absolute Gasteiger partial charge is 0.480 e. The van der Waals surface area contributed by atoms with Crippen molar-refractivity contribution in [2.75, 3.05) is 0 Å². The molecule has 0 bridgehead atoms. The second-order valence-corrected chi connectivity index (χ2v) is 4.86. The van der Waals surface area contributed by atoms with Gasteiger partial charge in [-0.1, -0.05) is 23.2 Å². The number of carboxylic acid groups (broad SMARTS) is 1. The SMILES string of the molecule is O=C(O)Cn1nnnc1Sc1ncc(Cl)cc1Cl. The highest BCUT2D eigenvalue weighted by Crippen LogP contribution is 2.31. The lowest BCUT2D eigenvalue weighted by Gasteiger charge is -2.02. The lowest BCUT2D eigenvalue weighted by molar-refractivity contribution is -0.138. The summed E-state index contributed by atoms with van der Waals surface area (Å²) in [7, 11) is 0. The van der Waals surface area contributed by atoms with Crippen LogP contribution in [0.4, 0.5) is 0 Å². The van der Waals surface area contributed by atoms with Gasteiger partial charge in [0.05, 0.1) is 10.0 Å². The van der Waals surface area contributed by atoms with E-state index in [0.29, 0.717) is 15.1 Å². The molecule has 0 fully saturated rings. The van der Waals surface area contributed by atoms with Crippen molar-refractivity contribution in [1.29, 1.82) is 0 Å². The number of rotatable bonds is 4. The Morgan fingerprint density at radius 1 is 1.50 bits per heavy atom. The number of nitrogens with zero attached hydrogens (tertiary/aromatic N) is 5. The lowest BCUT2D eigenvalue weighted by atomic mass is 10.5. The van der Waals surface area contributed by atoms with Crippen molar-refractivity contribution in [3.63, 3.8) is 0 Å². The molecule has 1 N–H and O–H groups in total. The van der Waals surface area contributed by atoms with Gasteiger partial charge in [0.15, 0.2) is 0 Å². The number of carbonyl (C=O) groups is 1. The van der Waals surface area contributed by atoms with Crippen LogP contribution in [0.2, 0.25) is 10.0 Å². The zero-order valence-electron chi connectivity index (χ0n) is 8.62. The highest BCUT2D eigenvalue weighted by molar-refractivity contribution is 7.99. The molecule has 10 heteroatoms. The molecule has 0 unspecified atom stereocenters. The van der Waals surface area contributed by atoms with E-state index in [2.05, 4.69) is 20.5 Å². The Hall–Kier alpha value is -1.38. The minimum atomic E-state index is -1.04. The van der Waals surface area contributed by atoms with Gasteiger partial charge in [-0.25, -0.2) is 9.67 Å². The predicted molar refractivity (Wildman–Crippen MR) is 63.8 cm³/mol. The van der Waals surface area contributed by atoms with Crippen molar-refractivity contribution in [1.82, 2.24) is 25.2 Å². The maximum absolute atomic E-state index is 10.6. The number of aromatic nitrogens is 5. The summed E-state index contributed by atoms with van der Waals surface area (Å²) in [4.78, 5) is 14.6. The normalized spacial score (nSPS) is 10.6. The number of pyridine rings is 1. The molecular weight excluding hydrogens is 301 g/mol. The molecule has 0 radical (unpaired) electrons. The molecule has 2 aromatic heterocycles. The molecule has 0 aliphatic heterocycles. The molecule has 0 saturated carbocycles. The molecule has 0 aliphatic rings. The molecule has 2 heterocycles. The first-order chi connectivity index (χ1) is 8.56. The van der Waals surface area contributed by atoms with Crippen LogP contribution < -0.4 is 0 Å². The molecular formula is C8H5Cl2N5O2S. The van der Waals surface area contributed by atoms with Gasteiger partial charge in [-0.3, -0.25) is 4.79 Å². The van der Waals surface area contributed by atoms with Crippen LogP contribution in [0.25, 0.3) is 0 Å². The van der Waals surface area contributed by atoms with E-state index in [1.54, 1.807) is 0 Å². The molecule has 0 aliphatic carbocycles. The summed E-state index contributed by atoms with van der Waals surface area (Å²) in [6.07, 6.45) is 1.43. The second kappa shape index (κ2) is 5.51. The zero-order chi connectivity index (χ0) is 13.1. The van der Waals surface area contributed by atoms with Gasteiger partial charge < -0.3 is 5.11 Å². The van der Waals surface area contributed by atoms with Gasteiger partial charge in [0.1, 0.15) is 11.6 Å². The van der Waals surface area contributed by atoms with Crippen LogP contribution in [0.5, 0.6) is 0 Å². The minimum absolute atomic E-state index is 0.286. The molecule has 7 nitrogen and oxygen atoms in total. The first-order valence-corrected chi connectivity index (χ1v) is 6.10. The van der Waals surface area contributed by atoms with Gasteiger partial charge in [0, 0.05) is 6.20 Å². The van der Waals surface area contributed by atoms with E-state index >= 15 is 0 Å². The van der Waals surface area contributed by atoms with Crippen molar-refractivity contribution >= 4 is 40.9 Å². The maximum atomic E-state index is 10.6. The summed E-state index contributed by atoms with van der Waals surface area (Å²) in [5.41, 5.74) is 0. The monoisotopic (exact) mass is 305 g/mol. The zero-order valence-corrected chi connectivity index (χ0v) is 10.9. The van der Waals surface area contributed by atoms with Crippen LogP contribution in [0.1, 0.15) is 0 Å². The standard InChI is InChI=1S/C8H5Cl2N5O2S/c9-4-1-5(10)7(11-2-4)18-8-12-13-14-15(8)3-6(16)17/h1-2H,3H2,(H,16,17). The number of hydrogen-bond acceptors (Lipinski definition) is 6. The summed E-state index contributed by atoms with van der Waals surface area (Å²) >= 11 is 12.7. The van der Waals surface area contributed by atoms with Crippen LogP contribution in [-0.2, 0) is 11.3 Å². The van der Waals surface area contributed by atoms with Crippen LogP contribution in [0.15, 0.2) is 22.4 Å². The molecule has 0 amide bonds. The van der Waals surface area contributed by atoms with Gasteiger partial charge in [0.2, 0.25) is 5.16 Å². The van der Waals surface area contributed by atoms with Gasteiger partial charge in [0.25, 0.3) is 0 Å². The van der Waals surface area contributed by atoms with Gasteiger partial charge >= 0.3 is 5.97 Å². The fourth-order valence-corrected chi connectivity index (χ4v) is 2.27. The van der Waals surface area contributed by atoms with Gasteiger partial charge in [-0.05, 0) is 28.3 Å². The van der Waals surface area contributed by atoms with Crippen LogP contribution in [0.3, 0.4) is 0 Å². The average molecular weight is 306 g/mol. The summed E-state index contributed by atoms with van der Waals surface area (Å²) in [5.74, 6) is -1.04. The van der Waals surface area contributed by atoms with Crippen molar-refractivity contribution in [3.8, 4) is 0 Å². The Balaban J connectivity index is 2.23. The third kappa shape index (κ3) is 3.09. The van der Waals surface area contributed by atoms with Crippen molar-refractivity contribution in [3.05, 3.63) is 22.3 Å². The van der Waals surface area contributed by atoms with E-state index in [1.165, 1.54) is 12.3 Å². The molecule has 94 valence electrons. The number of tetrazole rings is 1. The summed E-state index contributed by atoms with van der Waals surface area (Å²) in [6, 6.07) is 1.53. The Labute approximate surface area is 115 Å². The first kappa shape index (κ1) is 13.1. The van der Waals surface area contributed by atoms with Crippen molar-refractivity contribution in [2.24, 2.45) is 0 Å². The minimum Gasteiger partial charge on any atom is -0.480 e. The molecule has 2 rings (SSSR count). The van der Waals surface area contributed by atoms with E-state index in [9.17, 15) is 4.79 Å². The van der Waals surface area contributed by atoms with Crippen LogP contribution in [0, 0.1) is 0 Å². The lowest BCUT2D eigenvalue weighted by Crippen LogP contribution is -2.11. The second-order valence-electron chi connectivity index (χ2n) is 3.06. The number of carboxylic acids is 1. The predicted octanol–water partition coefficient (Wildman–Crippen LogP) is 1.61. The molecule has 0 atom stereocenters. The van der Waals surface area contributed by atoms with Crippen molar-refractivity contribution in [2.45, 2.75) is 16.7 Å². The number of aliphatic carboxylic acids is 1. The Bertz CT molecular complexity index is 591. The van der Waals surface area contributed by atoms with E-state index in [0.717, 1.165) is 16.4 Å². The highest BCUT2D eigenvalue weighted by atomic mass is 35.5. The highest BCUT2D eigenvalue weighted by Gasteiger charge is 2.13. The molecule has 0 saturated heterocycles. The Morgan fingerprint density at radius 2 is 2.28 bits per heavy atom. The summed E-state index contributed by atoms with van der Waals surface area (Å²) in [5, 5.41) is 20.8. The van der Waals surface area contributed by atoms with Gasteiger partial charge in [-0.2, -0.15) is 0 Å². The van der Waals surface area contributed by atoms with Gasteiger partial charge in [-0.15, -0.1) is 5.10 Å². The first-order valence-electron chi connectivity index (χ1n) is 4.53. The number of hydrogen-bond donors (Lipinski definition) is 1. The van der Waals surface area contributed by atoms with E-state index in [1.807, 2.05) is 0 Å². The Kier molecular flexibility index (Phi) is 4.00. The molecule has 18 heavy (non-hydrogen) atoms. The van der Waals surface area contributed by atoms with E-state index in [-0.39, 0.29) is 11.7 Å². The molecule has 0 aromatic carbocycles. The molecule has 2 aromatic rings. The topological polar surface area (TPSA) is 93.8 Å². The Morgan fingerprint density at radius 3 is 2.94 bits per heavy atom. The number of halogens is 2. The summed E-state index contributed by atoms with van der Waals surface area (Å²) in [6.45, 7) is -0.333. The average Bonchev–Trinajstić information content (AvgIpc) is 2.69. The van der Waals surface area contributed by atoms with Crippen LogP contribution >= 0.6 is 35.0 Å².